The molecule has 166 valence electrons. The van der Waals surface area contributed by atoms with E-state index in [0.29, 0.717) is 11.3 Å². The third-order valence-corrected chi connectivity index (χ3v) is 6.61. The molecule has 13 heteroatoms. The molecule has 0 amide bonds. The number of benzene rings is 1. The van der Waals surface area contributed by atoms with E-state index in [4.69, 9.17) is 4.74 Å². The van der Waals surface area contributed by atoms with Gasteiger partial charge in [0.2, 0.25) is 10.0 Å². The average molecular weight is 451 g/mol. The minimum absolute atomic E-state index is 0.0177. The van der Waals surface area contributed by atoms with Crippen LogP contribution in [0.1, 0.15) is 16.8 Å². The highest BCUT2D eigenvalue weighted by atomic mass is 32.2. The van der Waals surface area contributed by atoms with Gasteiger partial charge in [0.05, 0.1) is 42.3 Å². The minimum atomic E-state index is -4.06. The second kappa shape index (κ2) is 9.34. The number of non-ortho nitro benzene ring substituents is 1. The molecule has 0 saturated carbocycles. The summed E-state index contributed by atoms with van der Waals surface area (Å²) in [6, 6.07) is 3.37. The van der Waals surface area contributed by atoms with Crippen molar-refractivity contribution in [1.82, 2.24) is 9.29 Å². The Morgan fingerprint density at radius 1 is 1.39 bits per heavy atom. The predicted molar refractivity (Wildman–Crippen MR) is 110 cm³/mol. The van der Waals surface area contributed by atoms with Gasteiger partial charge in [-0.15, -0.1) is 0 Å². The van der Waals surface area contributed by atoms with Gasteiger partial charge < -0.3 is 14.9 Å². The summed E-state index contributed by atoms with van der Waals surface area (Å²) in [6.07, 6.45) is 2.60. The first-order valence-corrected chi connectivity index (χ1v) is 10.6. The molecule has 1 aromatic heterocycles. The molecule has 12 nitrogen and oxygen atoms in total. The maximum Gasteiger partial charge on any atom is 0.270 e. The molecule has 2 aromatic rings. The number of aryl methyl sites for hydroxylation is 1. The number of hydrazone groups is 1. The summed E-state index contributed by atoms with van der Waals surface area (Å²) < 4.78 is 32.5. The molecule has 1 saturated heterocycles. The Balaban J connectivity index is 1.98. The normalized spacial score (nSPS) is 15.3. The fraction of sp³-hybridized carbons (Fsp3) is 0.333. The smallest absolute Gasteiger partial charge is 0.270 e. The molecular formula is C18H21N5O7S. The van der Waals surface area contributed by atoms with E-state index >= 15 is 0 Å². The number of nitrogens with one attached hydrogen (secondary N) is 1. The van der Waals surface area contributed by atoms with Crippen LogP contribution in [0.5, 0.6) is 5.75 Å². The number of anilines is 1. The Morgan fingerprint density at radius 3 is 2.74 bits per heavy atom. The molecule has 1 fully saturated rings. The van der Waals surface area contributed by atoms with Crippen LogP contribution in [0.2, 0.25) is 0 Å². The van der Waals surface area contributed by atoms with Gasteiger partial charge in [0.1, 0.15) is 10.6 Å². The number of pyridine rings is 1. The van der Waals surface area contributed by atoms with E-state index in [1.54, 1.807) is 6.92 Å². The van der Waals surface area contributed by atoms with Crippen molar-refractivity contribution in [3.05, 3.63) is 51.3 Å². The SMILES string of the molecule is Cc1ncc(CO)c(/C=N/Nc2ccc([N+](=O)[O-])cc2S(=O)(=O)N2CCOCC2)c1O. The third-order valence-electron chi connectivity index (χ3n) is 4.67. The van der Waals surface area contributed by atoms with E-state index in [-0.39, 0.29) is 53.9 Å². The highest BCUT2D eigenvalue weighted by Crippen LogP contribution is 2.30. The van der Waals surface area contributed by atoms with E-state index in [2.05, 4.69) is 15.5 Å². The quantitative estimate of drug-likeness (QED) is 0.315. The van der Waals surface area contributed by atoms with Crippen LogP contribution in [0.25, 0.3) is 0 Å². The van der Waals surface area contributed by atoms with Crippen molar-refractivity contribution in [2.24, 2.45) is 5.10 Å². The summed E-state index contributed by atoms with van der Waals surface area (Å²) in [4.78, 5) is 14.1. The van der Waals surface area contributed by atoms with Crippen molar-refractivity contribution < 1.29 is 28.3 Å². The van der Waals surface area contributed by atoms with Crippen LogP contribution in [0, 0.1) is 17.0 Å². The molecule has 31 heavy (non-hydrogen) atoms. The topological polar surface area (TPSA) is 167 Å². The van der Waals surface area contributed by atoms with Gasteiger partial charge in [0.15, 0.2) is 0 Å². The van der Waals surface area contributed by atoms with Crippen LogP contribution in [0.15, 0.2) is 34.4 Å². The van der Waals surface area contributed by atoms with Gasteiger partial charge in [-0.1, -0.05) is 0 Å². The van der Waals surface area contributed by atoms with Gasteiger partial charge in [0.25, 0.3) is 5.69 Å². The lowest BCUT2D eigenvalue weighted by molar-refractivity contribution is -0.385. The standard InChI is InChI=1S/C18H21N5O7S/c1-12-18(25)15(13(11-24)9-19-12)10-20-21-16-3-2-14(23(26)27)8-17(16)31(28,29)22-4-6-30-7-5-22/h2-3,8-10,21,24-25H,4-7,11H2,1H3/b20-10+. The molecule has 0 atom stereocenters. The third kappa shape index (κ3) is 4.80. The summed E-state index contributed by atoms with van der Waals surface area (Å²) in [7, 11) is -4.06. The lowest BCUT2D eigenvalue weighted by Crippen LogP contribution is -2.40. The second-order valence-corrected chi connectivity index (χ2v) is 8.52. The highest BCUT2D eigenvalue weighted by molar-refractivity contribution is 7.89. The number of aliphatic hydroxyl groups excluding tert-OH is 1. The summed E-state index contributed by atoms with van der Waals surface area (Å²) >= 11 is 0. The molecule has 2 heterocycles. The first-order chi connectivity index (χ1) is 14.8. The van der Waals surface area contributed by atoms with Gasteiger partial charge in [-0.2, -0.15) is 9.41 Å². The molecule has 3 N–H and O–H groups in total. The van der Waals surface area contributed by atoms with E-state index < -0.39 is 21.6 Å². The molecule has 0 bridgehead atoms. The molecule has 0 aliphatic carbocycles. The summed E-state index contributed by atoms with van der Waals surface area (Å²) in [5, 5.41) is 34.8. The second-order valence-electron chi connectivity index (χ2n) is 6.61. The first-order valence-electron chi connectivity index (χ1n) is 9.19. The molecule has 3 rings (SSSR count). The maximum absolute atomic E-state index is 13.1. The Morgan fingerprint density at radius 2 is 2.10 bits per heavy atom. The molecule has 1 aliphatic heterocycles. The van der Waals surface area contributed by atoms with E-state index in [9.17, 15) is 28.7 Å². The zero-order valence-electron chi connectivity index (χ0n) is 16.6. The van der Waals surface area contributed by atoms with Crippen molar-refractivity contribution in [1.29, 1.82) is 0 Å². The van der Waals surface area contributed by atoms with E-state index in [0.717, 1.165) is 12.1 Å². The van der Waals surface area contributed by atoms with Crippen molar-refractivity contribution in [2.45, 2.75) is 18.4 Å². The van der Waals surface area contributed by atoms with Gasteiger partial charge in [0, 0.05) is 42.5 Å². The number of aromatic nitrogens is 1. The fourth-order valence-corrected chi connectivity index (χ4v) is 4.51. The largest absolute Gasteiger partial charge is 0.505 e. The Labute approximate surface area is 178 Å². The van der Waals surface area contributed by atoms with Crippen molar-refractivity contribution in [3.8, 4) is 5.75 Å². The number of nitrogens with zero attached hydrogens (tertiary/aromatic N) is 4. The number of nitro groups is 1. The number of aliphatic hydroxyl groups is 1. The zero-order valence-corrected chi connectivity index (χ0v) is 17.4. The Kier molecular flexibility index (Phi) is 6.80. The number of ether oxygens (including phenoxy) is 1. The molecule has 0 unspecified atom stereocenters. The lowest BCUT2D eigenvalue weighted by Gasteiger charge is -2.26. The van der Waals surface area contributed by atoms with E-state index in [1.807, 2.05) is 0 Å². The van der Waals surface area contributed by atoms with Gasteiger partial charge in [-0.05, 0) is 13.0 Å². The molecule has 0 spiro atoms. The zero-order chi connectivity index (χ0) is 22.6. The molecule has 1 aliphatic rings. The number of sulfonamides is 1. The van der Waals surface area contributed by atoms with Crippen LogP contribution in [-0.4, -0.2) is 65.4 Å². The number of morpholine rings is 1. The molecular weight excluding hydrogens is 430 g/mol. The van der Waals surface area contributed by atoms with Crippen LogP contribution in [-0.2, 0) is 21.4 Å². The van der Waals surface area contributed by atoms with Gasteiger partial charge in [-0.3, -0.25) is 20.5 Å². The maximum atomic E-state index is 13.1. The van der Waals surface area contributed by atoms with Crippen molar-refractivity contribution >= 4 is 27.6 Å². The van der Waals surface area contributed by atoms with Crippen molar-refractivity contribution in [2.75, 3.05) is 31.7 Å². The number of rotatable bonds is 7. The summed E-state index contributed by atoms with van der Waals surface area (Å²) in [6.45, 7) is 1.87. The van der Waals surface area contributed by atoms with Gasteiger partial charge >= 0.3 is 0 Å². The minimum Gasteiger partial charge on any atom is -0.505 e. The number of aromatic hydroxyl groups is 1. The first kappa shape index (κ1) is 22.6. The fourth-order valence-electron chi connectivity index (χ4n) is 2.95. The number of hydrogen-bond donors (Lipinski definition) is 3. The average Bonchev–Trinajstić information content (AvgIpc) is 2.77. The molecule has 1 aromatic carbocycles. The van der Waals surface area contributed by atoms with Crippen molar-refractivity contribution in [3.63, 3.8) is 0 Å². The molecule has 0 radical (unpaired) electrons. The van der Waals surface area contributed by atoms with Crippen LogP contribution >= 0.6 is 0 Å². The Bertz CT molecular complexity index is 1110. The summed E-state index contributed by atoms with van der Waals surface area (Å²) in [5.74, 6) is -0.179. The van der Waals surface area contributed by atoms with Crippen LogP contribution in [0.3, 0.4) is 0 Å². The highest BCUT2D eigenvalue weighted by Gasteiger charge is 2.30. The van der Waals surface area contributed by atoms with Crippen LogP contribution in [0.4, 0.5) is 11.4 Å². The number of hydrogen-bond acceptors (Lipinski definition) is 10. The van der Waals surface area contributed by atoms with E-state index in [1.165, 1.54) is 22.8 Å². The summed E-state index contributed by atoms with van der Waals surface area (Å²) in [5.41, 5.74) is 3.05. The Hall–Kier alpha value is -3.13. The lowest BCUT2D eigenvalue weighted by atomic mass is 10.1. The van der Waals surface area contributed by atoms with Crippen LogP contribution < -0.4 is 5.43 Å². The number of nitro benzene ring substituents is 1. The van der Waals surface area contributed by atoms with Gasteiger partial charge in [-0.25, -0.2) is 8.42 Å². The predicted octanol–water partition coefficient (Wildman–Crippen LogP) is 0.963. The monoisotopic (exact) mass is 451 g/mol.